The van der Waals surface area contributed by atoms with E-state index < -0.39 is 36.8 Å². The Morgan fingerprint density at radius 2 is 1.75 bits per heavy atom. The van der Waals surface area contributed by atoms with Gasteiger partial charge in [-0.1, -0.05) is 6.07 Å². The first kappa shape index (κ1) is 35.2. The van der Waals surface area contributed by atoms with Crippen molar-refractivity contribution in [1.82, 2.24) is 25.8 Å². The van der Waals surface area contributed by atoms with E-state index in [-0.39, 0.29) is 36.5 Å². The number of rotatable bonds is 16. The van der Waals surface area contributed by atoms with Gasteiger partial charge >= 0.3 is 0 Å². The molecule has 0 aliphatic carbocycles. The third-order valence-corrected chi connectivity index (χ3v) is 9.20. The zero-order chi connectivity index (χ0) is 31.6. The van der Waals surface area contributed by atoms with E-state index >= 15 is 0 Å². The molecule has 3 fully saturated rings. The molecule has 0 radical (unpaired) electrons. The minimum absolute atomic E-state index is 0.0356. The molecular formula is C30H49ClFN5O7. The van der Waals surface area contributed by atoms with Crippen LogP contribution in [-0.2, 0) is 11.2 Å². The van der Waals surface area contributed by atoms with E-state index in [1.165, 1.54) is 6.07 Å². The molecule has 12 nitrogen and oxygen atoms in total. The number of likely N-dealkylation sites (tertiary alicyclic amines) is 2. The Hall–Kier alpha value is -1.65. The summed E-state index contributed by atoms with van der Waals surface area (Å²) < 4.78 is 20.5. The van der Waals surface area contributed by atoms with Crippen molar-refractivity contribution in [2.75, 3.05) is 65.6 Å². The molecule has 250 valence electrons. The maximum Gasteiger partial charge on any atom is 0.227 e. The number of ether oxygens (including phenoxy) is 1. The van der Waals surface area contributed by atoms with Crippen LogP contribution in [-0.4, -0.2) is 143 Å². The summed E-state index contributed by atoms with van der Waals surface area (Å²) in [4.78, 5) is 16.7. The predicted molar refractivity (Wildman–Crippen MR) is 163 cm³/mol. The summed E-state index contributed by atoms with van der Waals surface area (Å²) in [6.07, 6.45) is -1.75. The fourth-order valence-corrected chi connectivity index (χ4v) is 6.18. The summed E-state index contributed by atoms with van der Waals surface area (Å²) in [5, 5.41) is 57.8. The van der Waals surface area contributed by atoms with Crippen molar-refractivity contribution in [1.29, 1.82) is 0 Å². The summed E-state index contributed by atoms with van der Waals surface area (Å²) in [6.45, 7) is 4.93. The molecule has 44 heavy (non-hydrogen) atoms. The molecule has 3 saturated heterocycles. The lowest BCUT2D eigenvalue weighted by molar-refractivity contribution is -0.136. The van der Waals surface area contributed by atoms with Gasteiger partial charge in [0.05, 0.1) is 31.1 Å². The molecule has 1 amide bonds. The standard InChI is InChI=1S/C30H49ClFN5O7/c31-22-13-34-30(35-14-22)36-7-5-19(6-8-36)2-1-9-44-23-4-3-21(24(32)11-23)10-27(41)37-16-20(17-37)12-33-15-25(39)28(42)29(43)26(40)18-38/h3-4,11,19-20,22,25-26,28-30,33-35,38-40,42-43H,1-2,5-10,12-18H2/t22?,25-,26+,28+,29+,30?/m0/s1. The molecule has 4 rings (SSSR count). The number of halogens is 2. The molecule has 8 N–H and O–H groups in total. The zero-order valence-electron chi connectivity index (χ0n) is 25.2. The summed E-state index contributed by atoms with van der Waals surface area (Å²) in [6, 6.07) is 4.65. The van der Waals surface area contributed by atoms with Crippen LogP contribution in [0.4, 0.5) is 4.39 Å². The van der Waals surface area contributed by atoms with E-state index in [2.05, 4.69) is 20.9 Å². The highest BCUT2D eigenvalue weighted by Crippen LogP contribution is 2.24. The fourth-order valence-electron chi connectivity index (χ4n) is 6.00. The van der Waals surface area contributed by atoms with Gasteiger partial charge in [-0.2, -0.15) is 0 Å². The number of hydrogen-bond donors (Lipinski definition) is 8. The first-order valence-electron chi connectivity index (χ1n) is 15.7. The molecule has 14 heteroatoms. The Balaban J connectivity index is 1.06. The molecule has 3 heterocycles. The molecule has 0 bridgehead atoms. The van der Waals surface area contributed by atoms with Crippen LogP contribution >= 0.6 is 11.6 Å². The predicted octanol–water partition coefficient (Wildman–Crippen LogP) is -1.19. The molecule has 3 aliphatic rings. The van der Waals surface area contributed by atoms with Gasteiger partial charge in [0.1, 0.15) is 36.2 Å². The number of aliphatic hydroxyl groups is 5. The van der Waals surface area contributed by atoms with E-state index in [0.717, 1.165) is 51.9 Å². The lowest BCUT2D eigenvalue weighted by Crippen LogP contribution is -2.62. The van der Waals surface area contributed by atoms with Crippen LogP contribution < -0.4 is 20.7 Å². The maximum atomic E-state index is 14.7. The number of aliphatic hydroxyl groups excluding tert-OH is 5. The monoisotopic (exact) mass is 645 g/mol. The normalized spacial score (nSPS) is 24.8. The van der Waals surface area contributed by atoms with Crippen molar-refractivity contribution in [2.45, 2.75) is 68.2 Å². The molecule has 4 atom stereocenters. The molecule has 0 spiro atoms. The minimum atomic E-state index is -1.67. The first-order chi connectivity index (χ1) is 21.1. The van der Waals surface area contributed by atoms with Gasteiger partial charge in [0.15, 0.2) is 0 Å². The largest absolute Gasteiger partial charge is 0.493 e. The SMILES string of the molecule is O=C(Cc1ccc(OCCCC2CCN(C3NCC(Cl)CN3)CC2)cc1F)N1CC(CNC[C@H](O)[C@@H](O)[C@H](O)[C@H](O)CO)C1. The summed E-state index contributed by atoms with van der Waals surface area (Å²) in [5.74, 6) is 0.617. The van der Waals surface area contributed by atoms with Crippen LogP contribution in [0.3, 0.4) is 0 Å². The Bertz CT molecular complexity index is 1030. The molecule has 0 unspecified atom stereocenters. The smallest absolute Gasteiger partial charge is 0.227 e. The summed E-state index contributed by atoms with van der Waals surface area (Å²) >= 11 is 6.14. The van der Waals surface area contributed by atoms with Gasteiger partial charge in [-0.3, -0.25) is 20.3 Å². The van der Waals surface area contributed by atoms with Crippen LogP contribution in [0.1, 0.15) is 31.2 Å². The van der Waals surface area contributed by atoms with E-state index in [4.69, 9.17) is 21.4 Å². The van der Waals surface area contributed by atoms with Crippen molar-refractivity contribution < 1.29 is 39.5 Å². The van der Waals surface area contributed by atoms with Crippen molar-refractivity contribution >= 4 is 17.5 Å². The van der Waals surface area contributed by atoms with Gasteiger partial charge in [-0.25, -0.2) is 4.39 Å². The number of nitrogens with one attached hydrogen (secondary N) is 3. The maximum absolute atomic E-state index is 14.7. The summed E-state index contributed by atoms with van der Waals surface area (Å²) in [7, 11) is 0. The minimum Gasteiger partial charge on any atom is -0.493 e. The second kappa shape index (κ2) is 17.3. The second-order valence-corrected chi connectivity index (χ2v) is 13.0. The van der Waals surface area contributed by atoms with Gasteiger partial charge in [-0.15, -0.1) is 11.6 Å². The van der Waals surface area contributed by atoms with E-state index in [1.54, 1.807) is 17.0 Å². The number of hydrogen-bond acceptors (Lipinski definition) is 11. The molecule has 1 aromatic rings. The number of amides is 1. The highest BCUT2D eigenvalue weighted by Gasteiger charge is 2.33. The van der Waals surface area contributed by atoms with Gasteiger partial charge in [0.25, 0.3) is 0 Å². The van der Waals surface area contributed by atoms with Crippen molar-refractivity contribution in [3.8, 4) is 5.75 Å². The van der Waals surface area contributed by atoms with Crippen LogP contribution in [0.2, 0.25) is 0 Å². The van der Waals surface area contributed by atoms with Crippen molar-refractivity contribution in [2.24, 2.45) is 11.8 Å². The highest BCUT2D eigenvalue weighted by molar-refractivity contribution is 6.21. The molecule has 1 aromatic carbocycles. The number of nitrogens with zero attached hydrogens (tertiary/aromatic N) is 2. The number of piperidine rings is 1. The third kappa shape index (κ3) is 10.2. The Kier molecular flexibility index (Phi) is 13.9. The topological polar surface area (TPSA) is 170 Å². The quantitative estimate of drug-likeness (QED) is 0.0803. The third-order valence-electron chi connectivity index (χ3n) is 8.89. The van der Waals surface area contributed by atoms with Gasteiger partial charge in [0, 0.05) is 64.3 Å². The highest BCUT2D eigenvalue weighted by atomic mass is 35.5. The zero-order valence-corrected chi connectivity index (χ0v) is 25.9. The lowest BCUT2D eigenvalue weighted by Gasteiger charge is -2.41. The number of carbonyl (C=O) groups excluding carboxylic acids is 1. The first-order valence-corrected chi connectivity index (χ1v) is 16.2. The Morgan fingerprint density at radius 3 is 2.41 bits per heavy atom. The van der Waals surface area contributed by atoms with Crippen molar-refractivity contribution in [3.63, 3.8) is 0 Å². The lowest BCUT2D eigenvalue weighted by atomic mass is 9.92. The molecule has 3 aliphatic heterocycles. The van der Waals surface area contributed by atoms with Crippen LogP contribution in [0.15, 0.2) is 18.2 Å². The van der Waals surface area contributed by atoms with Crippen LogP contribution in [0, 0.1) is 17.7 Å². The average molecular weight is 646 g/mol. The average Bonchev–Trinajstić information content (AvgIpc) is 3.01. The number of benzene rings is 1. The second-order valence-electron chi connectivity index (χ2n) is 12.3. The van der Waals surface area contributed by atoms with Gasteiger partial charge in [0.2, 0.25) is 5.91 Å². The van der Waals surface area contributed by atoms with E-state index in [9.17, 15) is 29.6 Å². The Morgan fingerprint density at radius 1 is 1.07 bits per heavy atom. The molecule has 0 aromatic heterocycles. The summed E-state index contributed by atoms with van der Waals surface area (Å²) in [5.41, 5.74) is 0.319. The van der Waals surface area contributed by atoms with E-state index in [0.29, 0.717) is 43.5 Å². The van der Waals surface area contributed by atoms with Gasteiger partial charge in [-0.05, 0) is 43.2 Å². The van der Waals surface area contributed by atoms with Crippen molar-refractivity contribution in [3.05, 3.63) is 29.6 Å². The van der Waals surface area contributed by atoms with Crippen LogP contribution in [0.25, 0.3) is 0 Å². The molecule has 0 saturated carbocycles. The number of carbonyl (C=O) groups is 1. The van der Waals surface area contributed by atoms with Gasteiger partial charge < -0.3 is 40.5 Å². The fraction of sp³-hybridized carbons (Fsp3) is 0.767. The number of alkyl halides is 1. The molecular weight excluding hydrogens is 597 g/mol. The van der Waals surface area contributed by atoms with Crippen LogP contribution in [0.5, 0.6) is 5.75 Å². The van der Waals surface area contributed by atoms with E-state index in [1.807, 2.05) is 0 Å². The Labute approximate surface area is 263 Å².